The van der Waals surface area contributed by atoms with Crippen LogP contribution in [0, 0.1) is 0 Å². The number of halogens is 1. The molecule has 1 aliphatic heterocycles. The Balaban J connectivity index is 1.08. The number of fused-ring (bicyclic) bond motifs is 1. The third kappa shape index (κ3) is 18.2. The Labute approximate surface area is 454 Å². The number of anilines is 3. The molecule has 1 aliphatic rings. The molecule has 24 nitrogen and oxygen atoms in total. The van der Waals surface area contributed by atoms with Gasteiger partial charge in [0, 0.05) is 89.3 Å². The first-order valence-corrected chi connectivity index (χ1v) is 26.7. The lowest BCUT2D eigenvalue weighted by Gasteiger charge is -2.46. The van der Waals surface area contributed by atoms with E-state index in [1.54, 1.807) is 48.1 Å². The quantitative estimate of drug-likeness (QED) is 0.00768. The lowest BCUT2D eigenvalue weighted by Crippen LogP contribution is -2.67. The Morgan fingerprint density at radius 3 is 2.16 bits per heavy atom. The van der Waals surface area contributed by atoms with Gasteiger partial charge in [-0.15, -0.1) is 5.10 Å². The molecule has 77 heavy (non-hydrogen) atoms. The third-order valence-corrected chi connectivity index (χ3v) is 13.2. The van der Waals surface area contributed by atoms with Gasteiger partial charge in [-0.25, -0.2) is 4.68 Å². The predicted molar refractivity (Wildman–Crippen MR) is 287 cm³/mol. The monoisotopic (exact) mass is 1150 g/mol. The van der Waals surface area contributed by atoms with E-state index in [0.717, 1.165) is 30.9 Å². The lowest BCUT2D eigenvalue weighted by molar-refractivity contribution is -0.320. The predicted octanol–water partition coefficient (Wildman–Crippen LogP) is 5.66. The van der Waals surface area contributed by atoms with Crippen LogP contribution < -0.4 is 26.2 Å². The Morgan fingerprint density at radius 2 is 1.51 bits per heavy atom. The lowest BCUT2D eigenvalue weighted by atomic mass is 9.96. The first-order chi connectivity index (χ1) is 36.7. The molecular weight excluding hydrogens is 1090 g/mol. The van der Waals surface area contributed by atoms with E-state index >= 15 is 0 Å². The summed E-state index contributed by atoms with van der Waals surface area (Å²) in [5, 5.41) is 30.8. The van der Waals surface area contributed by atoms with Gasteiger partial charge < -0.3 is 59.3 Å². The standard InChI is InChI=1S/C51H65BrN10O14S/c1-32(63)56-46-48(74-35(4)66)47(73-34(3)65)44(30-72-33(2)64)75-49(46)76-50(51(5,52)31-53-22-23-54-43-12-8-11-42-41(43)10-9-13-45(42)77(67,68)69)71-27-26-70-25-24-62-29-39(59-60-62)28-55-36-14-16-37(17-15-36)57-58-38-18-20-40(21-19-38)61(6)7/h8-21,29,44,46-50,53-55H,22-28,30-31H2,1-7H3,(H,56,63)(H,67,68,69)/b58-57+/t44-,46-,47-,48-,49+,50-,51-/m1/s1. The number of alkyl halides is 1. The van der Waals surface area contributed by atoms with Crippen molar-refractivity contribution in [2.45, 2.75) is 93.9 Å². The SMILES string of the molecule is CC(=O)N[C@H]1[C@H](O[C@@H](OCCOCCn2cc(CNc3ccc(/N=N/c4ccc(N(C)C)cc4)cc3)nn2)[C@](C)(Br)CNCCNc2cccc3c(S(=O)(=O)O)cccc23)O[C@H](COC(C)=O)[C@@H](OC(C)=O)[C@@H]1OC(C)=O. The molecular formula is C51H65BrN10O14S. The number of azo groups is 1. The molecule has 26 heteroatoms. The maximum atomic E-state index is 12.7. The van der Waals surface area contributed by atoms with Crippen molar-refractivity contribution in [3.8, 4) is 0 Å². The van der Waals surface area contributed by atoms with Crippen LogP contribution in [0.4, 0.5) is 28.4 Å². The highest BCUT2D eigenvalue weighted by molar-refractivity contribution is 9.10. The summed E-state index contributed by atoms with van der Waals surface area (Å²) in [6.07, 6.45) is -4.82. The van der Waals surface area contributed by atoms with Gasteiger partial charge >= 0.3 is 17.9 Å². The summed E-state index contributed by atoms with van der Waals surface area (Å²) < 4.78 is 76.1. The number of carbonyl (C=O) groups excluding carboxylic acids is 4. The number of hydrogen-bond acceptors (Lipinski definition) is 21. The van der Waals surface area contributed by atoms with Gasteiger partial charge in [-0.1, -0.05) is 45.4 Å². The summed E-state index contributed by atoms with van der Waals surface area (Å²) in [4.78, 5) is 51.4. The average molecular weight is 1150 g/mol. The average Bonchev–Trinajstić information content (AvgIpc) is 3.85. The fourth-order valence-electron chi connectivity index (χ4n) is 8.02. The van der Waals surface area contributed by atoms with Crippen LogP contribution in [-0.2, 0) is 75.5 Å². The van der Waals surface area contributed by atoms with Gasteiger partial charge in [0.05, 0.1) is 54.8 Å². The fraction of sp³-hybridized carbons (Fsp3) is 0.451. The number of amides is 1. The zero-order valence-corrected chi connectivity index (χ0v) is 46.1. The van der Waals surface area contributed by atoms with Crippen LogP contribution in [-0.4, -0.2) is 153 Å². The van der Waals surface area contributed by atoms with Crippen molar-refractivity contribution in [3.05, 3.63) is 96.8 Å². The molecule has 0 saturated carbocycles. The minimum absolute atomic E-state index is 0.0194. The minimum Gasteiger partial charge on any atom is -0.463 e. The number of hydrogen-bond donors (Lipinski definition) is 5. The van der Waals surface area contributed by atoms with Crippen molar-refractivity contribution < 1.29 is 65.3 Å². The molecule has 0 aliphatic carbocycles. The molecule has 0 bridgehead atoms. The van der Waals surface area contributed by atoms with E-state index < -0.39 is 81.8 Å². The molecule has 5 N–H and O–H groups in total. The highest BCUT2D eigenvalue weighted by Gasteiger charge is 2.53. The van der Waals surface area contributed by atoms with Crippen molar-refractivity contribution in [3.63, 3.8) is 0 Å². The highest BCUT2D eigenvalue weighted by Crippen LogP contribution is 2.34. The molecule has 1 saturated heterocycles. The molecule has 6 rings (SSSR count). The Bertz CT molecular complexity index is 2910. The van der Waals surface area contributed by atoms with E-state index in [1.165, 1.54) is 19.9 Å². The maximum absolute atomic E-state index is 12.7. The molecule has 0 unspecified atom stereocenters. The van der Waals surface area contributed by atoms with Crippen LogP contribution in [0.25, 0.3) is 10.8 Å². The largest absolute Gasteiger partial charge is 0.463 e. The third-order valence-electron chi connectivity index (χ3n) is 11.6. The summed E-state index contributed by atoms with van der Waals surface area (Å²) in [7, 11) is -0.511. The number of rotatable bonds is 28. The molecule has 0 spiro atoms. The molecule has 1 amide bonds. The fourth-order valence-corrected chi connectivity index (χ4v) is 9.16. The smallest absolute Gasteiger partial charge is 0.303 e. The van der Waals surface area contributed by atoms with Crippen LogP contribution in [0.1, 0.15) is 40.3 Å². The van der Waals surface area contributed by atoms with E-state index in [9.17, 15) is 32.1 Å². The number of carbonyl (C=O) groups is 4. The van der Waals surface area contributed by atoms with Crippen LogP contribution in [0.3, 0.4) is 0 Å². The van der Waals surface area contributed by atoms with Gasteiger partial charge in [-0.05, 0) is 67.6 Å². The topological polar surface area (TPSA) is 294 Å². The van der Waals surface area contributed by atoms with Crippen LogP contribution in [0.15, 0.2) is 106 Å². The number of nitrogens with one attached hydrogen (secondary N) is 4. The van der Waals surface area contributed by atoms with Gasteiger partial charge in [-0.3, -0.25) is 23.7 Å². The first kappa shape index (κ1) is 59.6. The van der Waals surface area contributed by atoms with Crippen LogP contribution in [0.2, 0.25) is 0 Å². The second-order valence-corrected chi connectivity index (χ2v) is 21.4. The van der Waals surface area contributed by atoms with E-state index in [-0.39, 0.29) is 31.3 Å². The molecule has 5 aromatic rings. The van der Waals surface area contributed by atoms with Gasteiger partial charge in [0.25, 0.3) is 10.1 Å². The molecule has 2 heterocycles. The zero-order chi connectivity index (χ0) is 55.7. The zero-order valence-electron chi connectivity index (χ0n) is 43.7. The van der Waals surface area contributed by atoms with Gasteiger partial charge in [0.1, 0.15) is 29.3 Å². The number of nitrogens with zero attached hydrogens (tertiary/aromatic N) is 6. The second kappa shape index (κ2) is 28.1. The number of benzene rings is 4. The normalized spacial score (nSPS) is 18.7. The van der Waals surface area contributed by atoms with E-state index in [4.69, 9.17) is 33.2 Å². The Morgan fingerprint density at radius 1 is 0.844 bits per heavy atom. The first-order valence-electron chi connectivity index (χ1n) is 24.5. The number of aromatic nitrogens is 3. The van der Waals surface area contributed by atoms with Crippen molar-refractivity contribution in [2.75, 3.05) is 75.7 Å². The van der Waals surface area contributed by atoms with Crippen molar-refractivity contribution in [1.29, 1.82) is 0 Å². The summed E-state index contributed by atoms with van der Waals surface area (Å²) in [6, 6.07) is 23.7. The molecule has 1 aromatic heterocycles. The Kier molecular flexibility index (Phi) is 21.8. The van der Waals surface area contributed by atoms with Gasteiger partial charge in [0.15, 0.2) is 24.8 Å². The molecule has 0 radical (unpaired) electrons. The summed E-state index contributed by atoms with van der Waals surface area (Å²) in [5.41, 5.74) is 4.74. The molecule has 4 aromatic carbocycles. The van der Waals surface area contributed by atoms with E-state index in [1.807, 2.05) is 67.5 Å². The second-order valence-electron chi connectivity index (χ2n) is 18.2. The van der Waals surface area contributed by atoms with Gasteiger partial charge in [-0.2, -0.15) is 18.6 Å². The molecule has 7 atom stereocenters. The summed E-state index contributed by atoms with van der Waals surface area (Å²) in [5.74, 6) is -2.76. The molecule has 416 valence electrons. The van der Waals surface area contributed by atoms with E-state index in [2.05, 4.69) is 57.7 Å². The number of esters is 3. The van der Waals surface area contributed by atoms with E-state index in [0.29, 0.717) is 54.0 Å². The minimum atomic E-state index is -4.47. The Hall–Kier alpha value is -6.65. The number of ether oxygens (including phenoxy) is 7. The molecule has 1 fully saturated rings. The van der Waals surface area contributed by atoms with Crippen LogP contribution in [0.5, 0.6) is 0 Å². The van der Waals surface area contributed by atoms with Crippen molar-refractivity contribution in [1.82, 2.24) is 25.6 Å². The van der Waals surface area contributed by atoms with Crippen LogP contribution >= 0.6 is 15.9 Å². The van der Waals surface area contributed by atoms with Gasteiger partial charge in [0.2, 0.25) is 5.91 Å². The maximum Gasteiger partial charge on any atom is 0.303 e. The van der Waals surface area contributed by atoms with Crippen molar-refractivity contribution in [2.24, 2.45) is 10.2 Å². The summed E-state index contributed by atoms with van der Waals surface area (Å²) in [6.45, 7) is 8.07. The highest BCUT2D eigenvalue weighted by atomic mass is 79.9. The summed E-state index contributed by atoms with van der Waals surface area (Å²) >= 11 is 3.78. The van der Waals surface area contributed by atoms with Crippen molar-refractivity contribution >= 4 is 89.1 Å².